The van der Waals surface area contributed by atoms with Crippen molar-refractivity contribution in [2.24, 2.45) is 0 Å². The molecule has 1 aliphatic heterocycles. The minimum Gasteiger partial charge on any atom is -0.464 e. The molecule has 7 nitrogen and oxygen atoms in total. The van der Waals surface area contributed by atoms with Crippen LogP contribution in [0.3, 0.4) is 0 Å². The van der Waals surface area contributed by atoms with E-state index in [1.807, 2.05) is 0 Å². The first-order chi connectivity index (χ1) is 26.5. The van der Waals surface area contributed by atoms with Gasteiger partial charge in [0.25, 0.3) is 0 Å². The summed E-state index contributed by atoms with van der Waals surface area (Å²) in [5.41, 5.74) is 0. The summed E-state index contributed by atoms with van der Waals surface area (Å²) in [5.74, 6) is -1.03. The van der Waals surface area contributed by atoms with Crippen molar-refractivity contribution in [2.45, 2.75) is 231 Å². The van der Waals surface area contributed by atoms with E-state index in [0.29, 0.717) is 19.6 Å². The van der Waals surface area contributed by atoms with Gasteiger partial charge in [0.1, 0.15) is 0 Å². The molecule has 7 heteroatoms. The molecule has 0 radical (unpaired) electrons. The number of rotatable bonds is 39. The molecule has 1 saturated heterocycles. The zero-order chi connectivity index (χ0) is 39.2. The average Bonchev–Trinajstić information content (AvgIpc) is 3.60. The van der Waals surface area contributed by atoms with Crippen LogP contribution >= 0.6 is 0 Å². The summed E-state index contributed by atoms with van der Waals surface area (Å²) in [6, 6.07) is 0. The Kier molecular flexibility index (Phi) is 35.6. The van der Waals surface area contributed by atoms with Gasteiger partial charge in [-0.2, -0.15) is 0 Å². The molecule has 0 N–H and O–H groups in total. The highest BCUT2D eigenvalue weighted by molar-refractivity contribution is 5.86. The first kappa shape index (κ1) is 50.3. The van der Waals surface area contributed by atoms with Gasteiger partial charge in [0.05, 0.1) is 13.2 Å². The lowest BCUT2D eigenvalue weighted by Crippen LogP contribution is -2.39. The van der Waals surface area contributed by atoms with Gasteiger partial charge in [-0.25, -0.2) is 9.59 Å². The van der Waals surface area contributed by atoms with Gasteiger partial charge in [-0.3, -0.25) is 0 Å². The maximum absolute atomic E-state index is 13.1. The number of unbranched alkanes of at least 4 members (excludes halogenated alkanes) is 25. The number of carbonyl (C=O) groups is 2. The van der Waals surface area contributed by atoms with Crippen molar-refractivity contribution in [1.82, 2.24) is 4.90 Å². The van der Waals surface area contributed by atoms with E-state index in [-0.39, 0.29) is 0 Å². The normalized spacial score (nSPS) is 17.4. The SMILES string of the molecule is CCCCCCCC/C=C\CCCCCCCCOC(=O)C1OC(CCCCN(C)C)OC1C(=O)OCCCCCCCC/C=C\CCCCCCCC. The summed E-state index contributed by atoms with van der Waals surface area (Å²) in [6.07, 6.45) is 43.7. The van der Waals surface area contributed by atoms with Crippen molar-refractivity contribution in [2.75, 3.05) is 33.9 Å². The van der Waals surface area contributed by atoms with Gasteiger partial charge in [-0.1, -0.05) is 154 Å². The lowest BCUT2D eigenvalue weighted by atomic mass is 10.1. The Morgan fingerprint density at radius 3 is 1.15 bits per heavy atom. The Hall–Kier alpha value is -1.70. The van der Waals surface area contributed by atoms with E-state index in [0.717, 1.165) is 57.9 Å². The van der Waals surface area contributed by atoms with Crippen molar-refractivity contribution < 1.29 is 28.5 Å². The van der Waals surface area contributed by atoms with Crippen LogP contribution in [-0.2, 0) is 28.5 Å². The Labute approximate surface area is 334 Å². The standard InChI is InChI=1S/C47H87NO6/c1-5-7-9-11-13-15-17-19-21-23-25-27-29-31-33-37-41-51-46(49)44-45(54-43(53-44)39-35-36-40-48(3)4)47(50)52-42-38-34-32-30-28-26-24-22-20-18-16-14-12-10-8-6-2/h19-22,43-45H,5-18,23-42H2,1-4H3/b21-19-,22-20-. The quantitative estimate of drug-likeness (QED) is 0.0351. The van der Waals surface area contributed by atoms with E-state index in [2.05, 4.69) is 57.1 Å². The molecule has 0 aromatic carbocycles. The van der Waals surface area contributed by atoms with Crippen LogP contribution in [0.5, 0.6) is 0 Å². The van der Waals surface area contributed by atoms with Crippen molar-refractivity contribution in [3.63, 3.8) is 0 Å². The van der Waals surface area contributed by atoms with Crippen LogP contribution in [0.1, 0.15) is 213 Å². The second-order valence-electron chi connectivity index (χ2n) is 16.1. The minimum atomic E-state index is -1.06. The van der Waals surface area contributed by atoms with Crippen LogP contribution in [0.15, 0.2) is 24.3 Å². The molecule has 0 saturated carbocycles. The van der Waals surface area contributed by atoms with Gasteiger partial charge < -0.3 is 23.8 Å². The number of carbonyl (C=O) groups excluding carboxylic acids is 2. The van der Waals surface area contributed by atoms with Gasteiger partial charge in [-0.15, -0.1) is 0 Å². The molecule has 316 valence electrons. The largest absolute Gasteiger partial charge is 0.464 e. The molecule has 0 aromatic heterocycles. The van der Waals surface area contributed by atoms with Crippen molar-refractivity contribution in [3.05, 3.63) is 24.3 Å². The molecule has 1 heterocycles. The molecule has 0 spiro atoms. The second-order valence-corrected chi connectivity index (χ2v) is 16.1. The lowest BCUT2D eigenvalue weighted by molar-refractivity contribution is -0.163. The molecule has 2 unspecified atom stereocenters. The van der Waals surface area contributed by atoms with E-state index >= 15 is 0 Å². The summed E-state index contributed by atoms with van der Waals surface area (Å²) in [6.45, 7) is 6.18. The lowest BCUT2D eigenvalue weighted by Gasteiger charge is -2.15. The summed E-state index contributed by atoms with van der Waals surface area (Å²) in [7, 11) is 4.10. The Morgan fingerprint density at radius 2 is 0.796 bits per heavy atom. The molecule has 0 bridgehead atoms. The first-order valence-corrected chi connectivity index (χ1v) is 23.1. The van der Waals surface area contributed by atoms with Crippen molar-refractivity contribution >= 4 is 11.9 Å². The monoisotopic (exact) mass is 762 g/mol. The predicted molar refractivity (Wildman–Crippen MR) is 227 cm³/mol. The molecule has 0 aromatic rings. The molecule has 1 aliphatic rings. The summed E-state index contributed by atoms with van der Waals surface area (Å²) in [5, 5.41) is 0. The summed E-state index contributed by atoms with van der Waals surface area (Å²) in [4.78, 5) is 28.3. The van der Waals surface area contributed by atoms with E-state index in [1.165, 1.54) is 141 Å². The predicted octanol–water partition coefficient (Wildman–Crippen LogP) is 13.0. The number of esters is 2. The van der Waals surface area contributed by atoms with Crippen LogP contribution in [0, 0.1) is 0 Å². The van der Waals surface area contributed by atoms with Crippen LogP contribution in [-0.4, -0.2) is 69.2 Å². The Bertz CT molecular complexity index is 841. The van der Waals surface area contributed by atoms with Crippen molar-refractivity contribution in [3.8, 4) is 0 Å². The number of allylic oxidation sites excluding steroid dienone is 4. The van der Waals surface area contributed by atoms with Gasteiger partial charge >= 0.3 is 11.9 Å². The highest BCUT2D eigenvalue weighted by Gasteiger charge is 2.46. The highest BCUT2D eigenvalue weighted by atomic mass is 16.8. The second kappa shape index (κ2) is 38.2. The molecule has 1 rings (SSSR count). The minimum absolute atomic E-state index is 0.338. The molecular formula is C47H87NO6. The smallest absolute Gasteiger partial charge is 0.338 e. The van der Waals surface area contributed by atoms with Crippen molar-refractivity contribution in [1.29, 1.82) is 0 Å². The third kappa shape index (κ3) is 30.5. The third-order valence-corrected chi connectivity index (χ3v) is 10.4. The van der Waals surface area contributed by atoms with Crippen LogP contribution < -0.4 is 0 Å². The van der Waals surface area contributed by atoms with Crippen LogP contribution in [0.2, 0.25) is 0 Å². The maximum atomic E-state index is 13.1. The molecule has 1 fully saturated rings. The zero-order valence-corrected chi connectivity index (χ0v) is 36.0. The van der Waals surface area contributed by atoms with Gasteiger partial charge in [-0.05, 0) is 104 Å². The van der Waals surface area contributed by atoms with E-state index < -0.39 is 30.4 Å². The molecule has 2 atom stereocenters. The summed E-state index contributed by atoms with van der Waals surface area (Å²) >= 11 is 0. The Morgan fingerprint density at radius 1 is 0.463 bits per heavy atom. The number of hydrogen-bond donors (Lipinski definition) is 0. The average molecular weight is 762 g/mol. The van der Waals surface area contributed by atoms with Crippen LogP contribution in [0.25, 0.3) is 0 Å². The molecule has 54 heavy (non-hydrogen) atoms. The van der Waals surface area contributed by atoms with E-state index in [9.17, 15) is 9.59 Å². The third-order valence-electron chi connectivity index (χ3n) is 10.4. The van der Waals surface area contributed by atoms with Gasteiger partial charge in [0.15, 0.2) is 18.5 Å². The summed E-state index contributed by atoms with van der Waals surface area (Å²) < 4.78 is 23.1. The van der Waals surface area contributed by atoms with E-state index in [1.54, 1.807) is 0 Å². The number of hydrogen-bond acceptors (Lipinski definition) is 7. The topological polar surface area (TPSA) is 74.3 Å². The molecule has 0 aliphatic carbocycles. The first-order valence-electron chi connectivity index (χ1n) is 23.1. The number of nitrogens with zero attached hydrogens (tertiary/aromatic N) is 1. The highest BCUT2D eigenvalue weighted by Crippen LogP contribution is 2.26. The van der Waals surface area contributed by atoms with E-state index in [4.69, 9.17) is 18.9 Å². The van der Waals surface area contributed by atoms with Gasteiger partial charge in [0, 0.05) is 0 Å². The Balaban J connectivity index is 2.22. The molecular weight excluding hydrogens is 675 g/mol. The molecule has 0 amide bonds. The van der Waals surface area contributed by atoms with Crippen LogP contribution in [0.4, 0.5) is 0 Å². The fraction of sp³-hybridized carbons (Fsp3) is 0.872. The fourth-order valence-electron chi connectivity index (χ4n) is 6.94. The zero-order valence-electron chi connectivity index (χ0n) is 36.0. The maximum Gasteiger partial charge on any atom is 0.338 e. The number of ether oxygens (including phenoxy) is 4. The van der Waals surface area contributed by atoms with Gasteiger partial charge in [0.2, 0.25) is 0 Å². The fourth-order valence-corrected chi connectivity index (χ4v) is 6.94.